The first-order chi connectivity index (χ1) is 9.15. The van der Waals surface area contributed by atoms with Crippen molar-refractivity contribution < 1.29 is 14.2 Å². The Hall–Kier alpha value is -1.42. The highest BCUT2D eigenvalue weighted by molar-refractivity contribution is 5.51. The molecule has 108 valence electrons. The number of ether oxygens (including phenoxy) is 3. The van der Waals surface area contributed by atoms with Gasteiger partial charge >= 0.3 is 0 Å². The zero-order valence-electron chi connectivity index (χ0n) is 12.4. The molecule has 1 atom stereocenters. The molecule has 0 spiro atoms. The summed E-state index contributed by atoms with van der Waals surface area (Å²) < 4.78 is 16.5. The zero-order valence-corrected chi connectivity index (χ0v) is 12.4. The van der Waals surface area contributed by atoms with Crippen molar-refractivity contribution in [2.24, 2.45) is 5.73 Å². The van der Waals surface area contributed by atoms with Gasteiger partial charge in [0.2, 0.25) is 0 Å². The first kappa shape index (κ1) is 15.6. The summed E-state index contributed by atoms with van der Waals surface area (Å²) in [5.41, 5.74) is 7.06. The predicted molar refractivity (Wildman–Crippen MR) is 77.3 cm³/mol. The molecule has 0 fully saturated rings. The summed E-state index contributed by atoms with van der Waals surface area (Å²) >= 11 is 0. The van der Waals surface area contributed by atoms with Gasteiger partial charge in [-0.2, -0.15) is 0 Å². The highest BCUT2D eigenvalue weighted by Gasteiger charge is 2.14. The van der Waals surface area contributed by atoms with Crippen molar-refractivity contribution in [2.45, 2.75) is 39.2 Å². The molecule has 0 saturated heterocycles. The number of nitrogens with two attached hydrogens (primary N) is 1. The Morgan fingerprint density at radius 2 is 1.74 bits per heavy atom. The summed E-state index contributed by atoms with van der Waals surface area (Å²) in [5, 5.41) is 0. The molecule has 0 aliphatic rings. The number of hydrogen-bond acceptors (Lipinski definition) is 4. The Morgan fingerprint density at radius 1 is 1.05 bits per heavy atom. The van der Waals surface area contributed by atoms with Gasteiger partial charge in [0.05, 0.1) is 20.8 Å². The maximum Gasteiger partial charge on any atom is 0.164 e. The minimum atomic E-state index is 0.126. The van der Waals surface area contributed by atoms with Crippen molar-refractivity contribution in [1.82, 2.24) is 0 Å². The second-order valence-corrected chi connectivity index (χ2v) is 4.54. The number of hydrogen-bond donors (Lipinski definition) is 1. The fraction of sp³-hybridized carbons (Fsp3) is 0.600. The third-order valence-corrected chi connectivity index (χ3v) is 3.03. The van der Waals surface area contributed by atoms with Gasteiger partial charge in [0, 0.05) is 12.1 Å². The third kappa shape index (κ3) is 4.31. The molecule has 0 heterocycles. The van der Waals surface area contributed by atoms with Crippen LogP contribution in [0.5, 0.6) is 17.2 Å². The number of methoxy groups -OCH3 is 2. The van der Waals surface area contributed by atoms with Crippen LogP contribution in [-0.4, -0.2) is 26.9 Å². The summed E-state index contributed by atoms with van der Waals surface area (Å²) in [6, 6.07) is 3.96. The van der Waals surface area contributed by atoms with Crippen LogP contribution in [0, 0.1) is 0 Å². The maximum atomic E-state index is 6.01. The lowest BCUT2D eigenvalue weighted by molar-refractivity contribution is 0.291. The Kier molecular flexibility index (Phi) is 6.50. The SMILES string of the molecule is CCCOc1cc(OC)c(C[C@H](N)CC)cc1OC. The number of benzene rings is 1. The summed E-state index contributed by atoms with van der Waals surface area (Å²) in [6.45, 7) is 4.80. The molecule has 0 unspecified atom stereocenters. The highest BCUT2D eigenvalue weighted by atomic mass is 16.5. The maximum absolute atomic E-state index is 6.01. The van der Waals surface area contributed by atoms with E-state index >= 15 is 0 Å². The molecule has 1 rings (SSSR count). The molecule has 0 aliphatic heterocycles. The Balaban J connectivity index is 3.04. The Labute approximate surface area is 115 Å². The fourth-order valence-electron chi connectivity index (χ4n) is 1.84. The van der Waals surface area contributed by atoms with Gasteiger partial charge < -0.3 is 19.9 Å². The fourth-order valence-corrected chi connectivity index (χ4v) is 1.84. The molecule has 2 N–H and O–H groups in total. The lowest BCUT2D eigenvalue weighted by atomic mass is 10.0. The van der Waals surface area contributed by atoms with Gasteiger partial charge in [-0.3, -0.25) is 0 Å². The first-order valence-corrected chi connectivity index (χ1v) is 6.79. The average molecular weight is 267 g/mol. The van der Waals surface area contributed by atoms with E-state index < -0.39 is 0 Å². The minimum absolute atomic E-state index is 0.126. The van der Waals surface area contributed by atoms with Crippen LogP contribution in [-0.2, 0) is 6.42 Å². The summed E-state index contributed by atoms with van der Waals surface area (Å²) in [6.07, 6.45) is 2.65. The largest absolute Gasteiger partial charge is 0.496 e. The summed E-state index contributed by atoms with van der Waals surface area (Å²) in [4.78, 5) is 0. The van der Waals surface area contributed by atoms with Crippen molar-refractivity contribution in [2.75, 3.05) is 20.8 Å². The van der Waals surface area contributed by atoms with Crippen molar-refractivity contribution >= 4 is 0 Å². The van der Waals surface area contributed by atoms with E-state index in [4.69, 9.17) is 19.9 Å². The summed E-state index contributed by atoms with van der Waals surface area (Å²) in [5.74, 6) is 2.25. The molecule has 0 bridgehead atoms. The van der Waals surface area contributed by atoms with E-state index in [-0.39, 0.29) is 6.04 Å². The normalized spacial score (nSPS) is 12.1. The molecule has 0 amide bonds. The van der Waals surface area contributed by atoms with Gasteiger partial charge in [-0.25, -0.2) is 0 Å². The zero-order chi connectivity index (χ0) is 14.3. The van der Waals surface area contributed by atoms with E-state index in [1.807, 2.05) is 12.1 Å². The van der Waals surface area contributed by atoms with Crippen LogP contribution in [0.15, 0.2) is 12.1 Å². The van der Waals surface area contributed by atoms with E-state index in [1.165, 1.54) is 0 Å². The highest BCUT2D eigenvalue weighted by Crippen LogP contribution is 2.35. The van der Waals surface area contributed by atoms with Crippen molar-refractivity contribution in [3.05, 3.63) is 17.7 Å². The molecule has 0 aromatic heterocycles. The van der Waals surface area contributed by atoms with E-state index in [2.05, 4.69) is 13.8 Å². The van der Waals surface area contributed by atoms with Gasteiger partial charge in [0.1, 0.15) is 5.75 Å². The molecule has 19 heavy (non-hydrogen) atoms. The third-order valence-electron chi connectivity index (χ3n) is 3.03. The molecular weight excluding hydrogens is 242 g/mol. The topological polar surface area (TPSA) is 53.7 Å². The van der Waals surface area contributed by atoms with Crippen LogP contribution in [0.3, 0.4) is 0 Å². The van der Waals surface area contributed by atoms with Crippen LogP contribution in [0.1, 0.15) is 32.3 Å². The Morgan fingerprint density at radius 3 is 2.26 bits per heavy atom. The van der Waals surface area contributed by atoms with Gasteiger partial charge in [-0.05, 0) is 30.9 Å². The van der Waals surface area contributed by atoms with Crippen LogP contribution in [0.2, 0.25) is 0 Å². The molecule has 4 nitrogen and oxygen atoms in total. The van der Waals surface area contributed by atoms with E-state index in [0.29, 0.717) is 6.61 Å². The van der Waals surface area contributed by atoms with Gasteiger partial charge in [0.25, 0.3) is 0 Å². The molecular formula is C15H25NO3. The van der Waals surface area contributed by atoms with Gasteiger partial charge in [-0.1, -0.05) is 13.8 Å². The molecule has 1 aromatic rings. The van der Waals surface area contributed by atoms with Crippen LogP contribution in [0.25, 0.3) is 0 Å². The first-order valence-electron chi connectivity index (χ1n) is 6.79. The van der Waals surface area contributed by atoms with Crippen LogP contribution < -0.4 is 19.9 Å². The van der Waals surface area contributed by atoms with E-state index in [1.54, 1.807) is 14.2 Å². The molecule has 0 radical (unpaired) electrons. The smallest absolute Gasteiger partial charge is 0.164 e. The predicted octanol–water partition coefficient (Wildman–Crippen LogP) is 2.77. The van der Waals surface area contributed by atoms with Crippen LogP contribution >= 0.6 is 0 Å². The average Bonchev–Trinajstić information content (AvgIpc) is 2.44. The van der Waals surface area contributed by atoms with Gasteiger partial charge in [-0.15, -0.1) is 0 Å². The molecule has 0 aliphatic carbocycles. The Bertz CT molecular complexity index is 393. The van der Waals surface area contributed by atoms with Crippen molar-refractivity contribution in [3.63, 3.8) is 0 Å². The number of rotatable bonds is 8. The second kappa shape index (κ2) is 7.89. The second-order valence-electron chi connectivity index (χ2n) is 4.54. The lowest BCUT2D eigenvalue weighted by Gasteiger charge is -2.17. The van der Waals surface area contributed by atoms with E-state index in [9.17, 15) is 0 Å². The van der Waals surface area contributed by atoms with Crippen molar-refractivity contribution in [1.29, 1.82) is 0 Å². The molecule has 4 heteroatoms. The lowest BCUT2D eigenvalue weighted by Crippen LogP contribution is -2.21. The molecule has 1 aromatic carbocycles. The minimum Gasteiger partial charge on any atom is -0.496 e. The monoisotopic (exact) mass is 267 g/mol. The standard InChI is InChI=1S/C15H25NO3/c1-5-7-19-15-10-13(17-3)11(8-12(16)6-2)9-14(15)18-4/h9-10,12H,5-8,16H2,1-4H3/t12-/m1/s1. The van der Waals surface area contributed by atoms with Gasteiger partial charge in [0.15, 0.2) is 11.5 Å². The summed E-state index contributed by atoms with van der Waals surface area (Å²) in [7, 11) is 3.30. The quantitative estimate of drug-likeness (QED) is 0.787. The molecule has 0 saturated carbocycles. The van der Waals surface area contributed by atoms with Crippen molar-refractivity contribution in [3.8, 4) is 17.2 Å². The van der Waals surface area contributed by atoms with Crippen LogP contribution in [0.4, 0.5) is 0 Å². The van der Waals surface area contributed by atoms with E-state index in [0.717, 1.165) is 42.1 Å².